The molecule has 0 atom stereocenters. The van der Waals surface area contributed by atoms with E-state index in [0.717, 1.165) is 15.6 Å². The van der Waals surface area contributed by atoms with Gasteiger partial charge < -0.3 is 5.11 Å². The molecule has 2 aromatic rings. The van der Waals surface area contributed by atoms with E-state index >= 15 is 0 Å². The highest BCUT2D eigenvalue weighted by Gasteiger charge is 2.08. The Labute approximate surface area is 95.7 Å². The van der Waals surface area contributed by atoms with Crippen molar-refractivity contribution in [3.05, 3.63) is 28.1 Å². The van der Waals surface area contributed by atoms with Crippen LogP contribution in [0.1, 0.15) is 5.56 Å². The van der Waals surface area contributed by atoms with Crippen molar-refractivity contribution in [2.75, 3.05) is 6.26 Å². The molecule has 1 aromatic carbocycles. The first-order valence-corrected chi connectivity index (χ1v) is 6.59. The largest absolute Gasteiger partial charge is 0.392 e. The molecule has 14 heavy (non-hydrogen) atoms. The lowest BCUT2D eigenvalue weighted by atomic mass is 10.2. The molecule has 0 fully saturated rings. The molecule has 2 rings (SSSR count). The van der Waals surface area contributed by atoms with Gasteiger partial charge in [0.25, 0.3) is 0 Å². The van der Waals surface area contributed by atoms with E-state index in [9.17, 15) is 5.11 Å². The molecule has 4 heteroatoms. The number of aliphatic hydroxyl groups excluding tert-OH is 1. The Bertz CT molecular complexity index is 464. The molecule has 0 aliphatic heterocycles. The molecule has 74 valence electrons. The van der Waals surface area contributed by atoms with Gasteiger partial charge in [-0.2, -0.15) is 0 Å². The Morgan fingerprint density at radius 1 is 1.50 bits per heavy atom. The molecule has 0 saturated carbocycles. The number of aliphatic hydroxyl groups is 1. The first kappa shape index (κ1) is 10.3. The average molecular weight is 245 g/mol. The van der Waals surface area contributed by atoms with Gasteiger partial charge in [-0.15, -0.1) is 23.1 Å². The Kier molecular flexibility index (Phi) is 3.02. The fraction of sp³-hybridized carbons (Fsp3) is 0.200. The molecule has 0 aliphatic carbocycles. The van der Waals surface area contributed by atoms with Crippen molar-refractivity contribution in [1.82, 2.24) is 0 Å². The Morgan fingerprint density at radius 2 is 2.29 bits per heavy atom. The standard InChI is InChI=1S/C10H9ClOS2/c1-13-9-5-14-10-6(4-12)2-7(11)3-8(9)10/h2-3,5,12H,4H2,1H3. The molecule has 0 aliphatic rings. The summed E-state index contributed by atoms with van der Waals surface area (Å²) in [5, 5.41) is 13.1. The van der Waals surface area contributed by atoms with Crippen molar-refractivity contribution < 1.29 is 5.11 Å². The summed E-state index contributed by atoms with van der Waals surface area (Å²) in [6.07, 6.45) is 2.04. The van der Waals surface area contributed by atoms with Crippen molar-refractivity contribution in [3.63, 3.8) is 0 Å². The molecule has 0 unspecified atom stereocenters. The second kappa shape index (κ2) is 4.11. The lowest BCUT2D eigenvalue weighted by Crippen LogP contribution is -1.82. The maximum Gasteiger partial charge on any atom is 0.0696 e. The Hall–Kier alpha value is -0.220. The van der Waals surface area contributed by atoms with Gasteiger partial charge in [0.15, 0.2) is 0 Å². The van der Waals surface area contributed by atoms with Gasteiger partial charge in [-0.25, -0.2) is 0 Å². The van der Waals surface area contributed by atoms with E-state index in [1.165, 1.54) is 4.90 Å². The molecule has 0 bridgehead atoms. The van der Waals surface area contributed by atoms with Crippen molar-refractivity contribution in [2.45, 2.75) is 11.5 Å². The fourth-order valence-electron chi connectivity index (χ4n) is 1.42. The highest BCUT2D eigenvalue weighted by molar-refractivity contribution is 7.99. The van der Waals surface area contributed by atoms with Crippen LogP contribution in [0.15, 0.2) is 22.4 Å². The zero-order chi connectivity index (χ0) is 10.1. The van der Waals surface area contributed by atoms with Crippen molar-refractivity contribution >= 4 is 44.8 Å². The van der Waals surface area contributed by atoms with E-state index in [0.29, 0.717) is 5.02 Å². The van der Waals surface area contributed by atoms with Gasteiger partial charge in [0.2, 0.25) is 0 Å². The number of fused-ring (bicyclic) bond motifs is 1. The van der Waals surface area contributed by atoms with Gasteiger partial charge in [0.05, 0.1) is 6.61 Å². The summed E-state index contributed by atoms with van der Waals surface area (Å²) in [5.41, 5.74) is 0.915. The van der Waals surface area contributed by atoms with Gasteiger partial charge in [-0.1, -0.05) is 11.6 Å². The van der Waals surface area contributed by atoms with E-state index < -0.39 is 0 Å². The lowest BCUT2D eigenvalue weighted by Gasteiger charge is -2.01. The number of thiophene rings is 1. The van der Waals surface area contributed by atoms with E-state index in [-0.39, 0.29) is 6.61 Å². The summed E-state index contributed by atoms with van der Waals surface area (Å²) in [6, 6.07) is 3.78. The van der Waals surface area contributed by atoms with Gasteiger partial charge in [-0.05, 0) is 24.0 Å². The minimum atomic E-state index is 0.0470. The second-order valence-electron chi connectivity index (χ2n) is 2.90. The summed E-state index contributed by atoms with van der Waals surface area (Å²) >= 11 is 9.33. The second-order valence-corrected chi connectivity index (χ2v) is 5.07. The number of hydrogen-bond acceptors (Lipinski definition) is 3. The minimum Gasteiger partial charge on any atom is -0.392 e. The van der Waals surface area contributed by atoms with Crippen LogP contribution in [-0.4, -0.2) is 11.4 Å². The summed E-state index contributed by atoms with van der Waals surface area (Å²) < 4.78 is 1.14. The SMILES string of the molecule is CSc1csc2c(CO)cc(Cl)cc12. The number of thioether (sulfide) groups is 1. The molecule has 1 N–H and O–H groups in total. The summed E-state index contributed by atoms with van der Waals surface area (Å²) in [5.74, 6) is 0. The van der Waals surface area contributed by atoms with Gasteiger partial charge >= 0.3 is 0 Å². The normalized spacial score (nSPS) is 11.1. The maximum atomic E-state index is 9.18. The van der Waals surface area contributed by atoms with Crippen LogP contribution in [0.5, 0.6) is 0 Å². The monoisotopic (exact) mass is 244 g/mol. The Balaban J connectivity index is 2.76. The highest BCUT2D eigenvalue weighted by Crippen LogP contribution is 2.36. The molecular weight excluding hydrogens is 236 g/mol. The Morgan fingerprint density at radius 3 is 2.93 bits per heavy atom. The molecule has 1 aromatic heterocycles. The minimum absolute atomic E-state index is 0.0470. The summed E-state index contributed by atoms with van der Waals surface area (Å²) in [7, 11) is 0. The van der Waals surface area contributed by atoms with Crippen LogP contribution in [0.2, 0.25) is 5.02 Å². The van der Waals surface area contributed by atoms with Crippen LogP contribution in [0, 0.1) is 0 Å². The predicted octanol–water partition coefficient (Wildman–Crippen LogP) is 3.77. The van der Waals surface area contributed by atoms with Gasteiger partial charge in [-0.3, -0.25) is 0 Å². The third-order valence-corrected chi connectivity index (χ3v) is 4.29. The fourth-order valence-corrected chi connectivity index (χ4v) is 3.56. The third kappa shape index (κ3) is 1.65. The van der Waals surface area contributed by atoms with Crippen LogP contribution in [0.4, 0.5) is 0 Å². The number of rotatable bonds is 2. The van der Waals surface area contributed by atoms with Crippen LogP contribution in [-0.2, 0) is 6.61 Å². The average Bonchev–Trinajstić information content (AvgIpc) is 2.59. The van der Waals surface area contributed by atoms with Crippen LogP contribution >= 0.6 is 34.7 Å². The van der Waals surface area contributed by atoms with Crippen LogP contribution in [0.25, 0.3) is 10.1 Å². The molecule has 0 spiro atoms. The quantitative estimate of drug-likeness (QED) is 0.812. The van der Waals surface area contributed by atoms with Crippen molar-refractivity contribution in [1.29, 1.82) is 0 Å². The van der Waals surface area contributed by atoms with Crippen LogP contribution < -0.4 is 0 Å². The third-order valence-electron chi connectivity index (χ3n) is 2.07. The van der Waals surface area contributed by atoms with E-state index in [1.54, 1.807) is 23.1 Å². The maximum absolute atomic E-state index is 9.18. The number of benzene rings is 1. The summed E-state index contributed by atoms with van der Waals surface area (Å²) in [6.45, 7) is 0.0470. The topological polar surface area (TPSA) is 20.2 Å². The van der Waals surface area contributed by atoms with Gasteiger partial charge in [0, 0.05) is 25.4 Å². The van der Waals surface area contributed by atoms with Gasteiger partial charge in [0.1, 0.15) is 0 Å². The first-order chi connectivity index (χ1) is 6.76. The highest BCUT2D eigenvalue weighted by atomic mass is 35.5. The molecule has 0 saturated heterocycles. The van der Waals surface area contributed by atoms with E-state index in [1.807, 2.05) is 18.4 Å². The first-order valence-electron chi connectivity index (χ1n) is 4.10. The molecule has 1 heterocycles. The van der Waals surface area contributed by atoms with E-state index in [2.05, 4.69) is 5.38 Å². The molecular formula is C10H9ClOS2. The van der Waals surface area contributed by atoms with Crippen LogP contribution in [0.3, 0.4) is 0 Å². The zero-order valence-electron chi connectivity index (χ0n) is 7.58. The summed E-state index contributed by atoms with van der Waals surface area (Å²) in [4.78, 5) is 1.22. The zero-order valence-corrected chi connectivity index (χ0v) is 9.97. The molecule has 1 nitrogen and oxygen atoms in total. The van der Waals surface area contributed by atoms with Crippen molar-refractivity contribution in [3.8, 4) is 0 Å². The lowest BCUT2D eigenvalue weighted by molar-refractivity contribution is 0.283. The smallest absolute Gasteiger partial charge is 0.0696 e. The number of halogens is 1. The predicted molar refractivity (Wildman–Crippen MR) is 64.5 cm³/mol. The molecule has 0 amide bonds. The number of hydrogen-bond donors (Lipinski definition) is 1. The van der Waals surface area contributed by atoms with E-state index in [4.69, 9.17) is 11.6 Å². The van der Waals surface area contributed by atoms with Crippen molar-refractivity contribution in [2.24, 2.45) is 0 Å². The molecule has 0 radical (unpaired) electrons.